The third-order valence-electron chi connectivity index (χ3n) is 5.60. The Balaban J connectivity index is 1.28. The molecule has 5 rings (SSSR count). The fourth-order valence-corrected chi connectivity index (χ4v) is 4.16. The molecule has 6 nitrogen and oxygen atoms in total. The molecule has 3 heterocycles. The number of aryl methyl sites for hydroxylation is 1. The van der Waals surface area contributed by atoms with Crippen LogP contribution >= 0.6 is 0 Å². The Morgan fingerprint density at radius 2 is 1.81 bits per heavy atom. The minimum Gasteiger partial charge on any atom is -0.356 e. The number of para-hydroxylation sites is 1. The Labute approximate surface area is 152 Å². The predicted octanol–water partition coefficient (Wildman–Crippen LogP) is 2.82. The van der Waals surface area contributed by atoms with E-state index < -0.39 is 0 Å². The van der Waals surface area contributed by atoms with E-state index >= 15 is 0 Å². The van der Waals surface area contributed by atoms with Crippen molar-refractivity contribution in [2.45, 2.75) is 32.2 Å². The number of nitrogens with zero attached hydrogens (tertiary/aromatic N) is 5. The maximum atomic E-state index is 5.44. The second-order valence-electron chi connectivity index (χ2n) is 7.22. The fraction of sp³-hybridized carbons (Fsp3) is 0.450. The Morgan fingerprint density at radius 1 is 0.962 bits per heavy atom. The fourth-order valence-electron chi connectivity index (χ4n) is 4.16. The van der Waals surface area contributed by atoms with Crippen LogP contribution < -0.4 is 4.90 Å². The SMILES string of the molecule is c1ccc2c(CN3CCN(c4ncnc5c4CCCC5)CC3)noc2c1. The normalized spacial score (nSPS) is 18.2. The first-order chi connectivity index (χ1) is 12.9. The monoisotopic (exact) mass is 349 g/mol. The highest BCUT2D eigenvalue weighted by molar-refractivity contribution is 5.79. The molecule has 0 unspecified atom stereocenters. The van der Waals surface area contributed by atoms with Crippen LogP contribution in [0.5, 0.6) is 0 Å². The van der Waals surface area contributed by atoms with E-state index in [1.165, 1.54) is 29.9 Å². The Hall–Kier alpha value is -2.47. The largest absolute Gasteiger partial charge is 0.356 e. The van der Waals surface area contributed by atoms with Gasteiger partial charge >= 0.3 is 0 Å². The summed E-state index contributed by atoms with van der Waals surface area (Å²) in [7, 11) is 0. The smallest absolute Gasteiger partial charge is 0.167 e. The van der Waals surface area contributed by atoms with Crippen LogP contribution in [0.15, 0.2) is 35.1 Å². The number of hydrogen-bond donors (Lipinski definition) is 0. The molecule has 1 aliphatic carbocycles. The molecule has 1 aliphatic heterocycles. The van der Waals surface area contributed by atoms with Gasteiger partial charge in [0.05, 0.1) is 0 Å². The average molecular weight is 349 g/mol. The van der Waals surface area contributed by atoms with Crippen LogP contribution in [0.1, 0.15) is 29.8 Å². The summed E-state index contributed by atoms with van der Waals surface area (Å²) in [4.78, 5) is 14.0. The summed E-state index contributed by atoms with van der Waals surface area (Å²) in [5.74, 6) is 1.17. The van der Waals surface area contributed by atoms with Crippen LogP contribution in [0.3, 0.4) is 0 Å². The first-order valence-electron chi connectivity index (χ1n) is 9.52. The summed E-state index contributed by atoms with van der Waals surface area (Å²) < 4.78 is 5.44. The maximum absolute atomic E-state index is 5.44. The second kappa shape index (κ2) is 6.68. The summed E-state index contributed by atoms with van der Waals surface area (Å²) in [6.07, 6.45) is 6.48. The van der Waals surface area contributed by atoms with Crippen molar-refractivity contribution < 1.29 is 4.52 Å². The molecule has 0 saturated carbocycles. The quantitative estimate of drug-likeness (QED) is 0.725. The van der Waals surface area contributed by atoms with Crippen molar-refractivity contribution in [3.8, 4) is 0 Å². The lowest BCUT2D eigenvalue weighted by molar-refractivity contribution is 0.242. The average Bonchev–Trinajstić information content (AvgIpc) is 3.11. The molecular formula is C20H23N5O. The summed E-state index contributed by atoms with van der Waals surface area (Å²) in [6, 6.07) is 8.09. The zero-order valence-electron chi connectivity index (χ0n) is 14.9. The van der Waals surface area contributed by atoms with Crippen LogP contribution in [-0.4, -0.2) is 46.2 Å². The molecule has 0 spiro atoms. The van der Waals surface area contributed by atoms with E-state index in [-0.39, 0.29) is 0 Å². The first-order valence-corrected chi connectivity index (χ1v) is 9.52. The molecule has 2 aromatic heterocycles. The lowest BCUT2D eigenvalue weighted by Gasteiger charge is -2.36. The minimum absolute atomic E-state index is 0.840. The van der Waals surface area contributed by atoms with Crippen molar-refractivity contribution in [3.63, 3.8) is 0 Å². The molecule has 3 aromatic rings. The lowest BCUT2D eigenvalue weighted by atomic mass is 9.96. The molecule has 0 amide bonds. The van der Waals surface area contributed by atoms with Gasteiger partial charge in [-0.3, -0.25) is 4.90 Å². The maximum Gasteiger partial charge on any atom is 0.167 e. The summed E-state index contributed by atoms with van der Waals surface area (Å²) in [5.41, 5.74) is 4.55. The summed E-state index contributed by atoms with van der Waals surface area (Å²) in [6.45, 7) is 4.87. The third kappa shape index (κ3) is 2.84. The number of hydrogen-bond acceptors (Lipinski definition) is 6. The van der Waals surface area contributed by atoms with Gasteiger partial charge in [-0.1, -0.05) is 17.3 Å². The highest BCUT2D eigenvalue weighted by atomic mass is 16.5. The summed E-state index contributed by atoms with van der Waals surface area (Å²) in [5, 5.41) is 5.40. The van der Waals surface area contributed by atoms with Gasteiger partial charge in [0.2, 0.25) is 0 Å². The zero-order chi connectivity index (χ0) is 17.3. The highest BCUT2D eigenvalue weighted by Crippen LogP contribution is 2.28. The second-order valence-corrected chi connectivity index (χ2v) is 7.22. The molecule has 1 aromatic carbocycles. The van der Waals surface area contributed by atoms with E-state index in [2.05, 4.69) is 31.0 Å². The van der Waals surface area contributed by atoms with E-state index in [4.69, 9.17) is 4.52 Å². The van der Waals surface area contributed by atoms with Crippen molar-refractivity contribution in [2.24, 2.45) is 0 Å². The Kier molecular flexibility index (Phi) is 4.05. The topological polar surface area (TPSA) is 58.3 Å². The molecule has 2 aliphatic rings. The number of piperazine rings is 1. The molecule has 1 fully saturated rings. The van der Waals surface area contributed by atoms with E-state index in [1.54, 1.807) is 6.33 Å². The minimum atomic E-state index is 0.840. The van der Waals surface area contributed by atoms with E-state index in [0.29, 0.717) is 0 Å². The molecule has 0 bridgehead atoms. The number of anilines is 1. The summed E-state index contributed by atoms with van der Waals surface area (Å²) >= 11 is 0. The van der Waals surface area contributed by atoms with Crippen LogP contribution in [0.25, 0.3) is 11.0 Å². The predicted molar refractivity (Wildman–Crippen MR) is 100 cm³/mol. The van der Waals surface area contributed by atoms with E-state index in [0.717, 1.165) is 62.2 Å². The first kappa shape index (κ1) is 15.8. The van der Waals surface area contributed by atoms with Gasteiger partial charge in [0.15, 0.2) is 5.58 Å². The van der Waals surface area contributed by atoms with E-state index in [1.807, 2.05) is 18.2 Å². The highest BCUT2D eigenvalue weighted by Gasteiger charge is 2.24. The van der Waals surface area contributed by atoms with Gasteiger partial charge in [0.1, 0.15) is 17.8 Å². The zero-order valence-corrected chi connectivity index (χ0v) is 14.9. The standard InChI is InChI=1S/C20H23N5O/c1-3-7-17-16(6-1)20(22-14-21-17)25-11-9-24(10-12-25)13-18-15-5-2-4-8-19(15)26-23-18/h2,4-5,8,14H,1,3,6-7,9-13H2. The van der Waals surface area contributed by atoms with Gasteiger partial charge in [0.25, 0.3) is 0 Å². The third-order valence-corrected chi connectivity index (χ3v) is 5.60. The number of benzene rings is 1. The van der Waals surface area contributed by atoms with Crippen molar-refractivity contribution in [1.82, 2.24) is 20.0 Å². The van der Waals surface area contributed by atoms with Crippen molar-refractivity contribution >= 4 is 16.8 Å². The van der Waals surface area contributed by atoms with E-state index in [9.17, 15) is 0 Å². The molecule has 0 N–H and O–H groups in total. The van der Waals surface area contributed by atoms with Crippen molar-refractivity contribution in [1.29, 1.82) is 0 Å². The van der Waals surface area contributed by atoms with Crippen LogP contribution in [0, 0.1) is 0 Å². The van der Waals surface area contributed by atoms with Gasteiger partial charge in [-0.05, 0) is 37.8 Å². The van der Waals surface area contributed by atoms with Crippen molar-refractivity contribution in [3.05, 3.63) is 47.5 Å². The molecule has 134 valence electrons. The number of aromatic nitrogens is 3. The molecule has 6 heteroatoms. The van der Waals surface area contributed by atoms with Gasteiger partial charge in [-0.2, -0.15) is 0 Å². The van der Waals surface area contributed by atoms with Crippen molar-refractivity contribution in [2.75, 3.05) is 31.1 Å². The van der Waals surface area contributed by atoms with Crippen LogP contribution in [0.2, 0.25) is 0 Å². The Morgan fingerprint density at radius 3 is 2.73 bits per heavy atom. The van der Waals surface area contributed by atoms with Crippen LogP contribution in [-0.2, 0) is 19.4 Å². The number of rotatable bonds is 3. The number of fused-ring (bicyclic) bond motifs is 2. The molecular weight excluding hydrogens is 326 g/mol. The van der Waals surface area contributed by atoms with Gasteiger partial charge in [0, 0.05) is 49.4 Å². The van der Waals surface area contributed by atoms with Crippen LogP contribution in [0.4, 0.5) is 5.82 Å². The Bertz CT molecular complexity index is 913. The molecule has 26 heavy (non-hydrogen) atoms. The van der Waals surface area contributed by atoms with Gasteiger partial charge in [-0.25, -0.2) is 9.97 Å². The molecule has 0 atom stereocenters. The molecule has 0 radical (unpaired) electrons. The van der Waals surface area contributed by atoms with Gasteiger partial charge < -0.3 is 9.42 Å². The van der Waals surface area contributed by atoms with Gasteiger partial charge in [-0.15, -0.1) is 0 Å². The molecule has 1 saturated heterocycles. The lowest BCUT2D eigenvalue weighted by Crippen LogP contribution is -2.46.